The molecule has 1 aliphatic heterocycles. The zero-order valence-corrected chi connectivity index (χ0v) is 15.9. The zero-order chi connectivity index (χ0) is 18.8. The summed E-state index contributed by atoms with van der Waals surface area (Å²) in [6.45, 7) is 3.00. The van der Waals surface area contributed by atoms with Crippen molar-refractivity contribution in [3.05, 3.63) is 46.5 Å². The fraction of sp³-hybridized carbons (Fsp3) is 0.476. The second kappa shape index (κ2) is 7.55. The highest BCUT2D eigenvalue weighted by atomic mass is 16.5. The van der Waals surface area contributed by atoms with Gasteiger partial charge in [-0.2, -0.15) is 0 Å². The molecule has 0 radical (unpaired) electrons. The summed E-state index contributed by atoms with van der Waals surface area (Å²) in [7, 11) is 1.64. The van der Waals surface area contributed by atoms with Gasteiger partial charge in [-0.15, -0.1) is 0 Å². The van der Waals surface area contributed by atoms with Crippen LogP contribution in [0.2, 0.25) is 0 Å². The lowest BCUT2D eigenvalue weighted by Gasteiger charge is -2.25. The minimum absolute atomic E-state index is 0.0151. The third-order valence-electron chi connectivity index (χ3n) is 5.38. The summed E-state index contributed by atoms with van der Waals surface area (Å²) in [4.78, 5) is 21.8. The highest BCUT2D eigenvalue weighted by Crippen LogP contribution is 2.30. The van der Waals surface area contributed by atoms with E-state index in [9.17, 15) is 4.79 Å². The molecule has 0 fully saturated rings. The van der Waals surface area contributed by atoms with Gasteiger partial charge in [0.25, 0.3) is 0 Å². The summed E-state index contributed by atoms with van der Waals surface area (Å²) in [5, 5.41) is 3.02. The number of carbonyl (C=O) groups is 1. The lowest BCUT2D eigenvalue weighted by molar-refractivity contribution is -0.126. The zero-order valence-electron chi connectivity index (χ0n) is 15.9. The van der Waals surface area contributed by atoms with Crippen molar-refractivity contribution in [1.29, 1.82) is 0 Å². The Morgan fingerprint density at radius 3 is 3.07 bits per heavy atom. The maximum Gasteiger partial charge on any atom is 0.226 e. The first kappa shape index (κ1) is 17.8. The standard InChI is InChI=1S/C21H25N3O3/c1-13-17-4-3-5-18(17)24-20(23-13)8-9-22-21(25)15-10-14-11-16(26-2)6-7-19(14)27-12-15/h6-7,11,15H,3-5,8-10,12H2,1-2H3,(H,22,25). The van der Waals surface area contributed by atoms with Crippen LogP contribution in [0.15, 0.2) is 18.2 Å². The Bertz CT molecular complexity index is 866. The first-order valence-electron chi connectivity index (χ1n) is 9.56. The molecule has 142 valence electrons. The molecule has 0 spiro atoms. The van der Waals surface area contributed by atoms with Crippen molar-refractivity contribution in [2.75, 3.05) is 20.3 Å². The van der Waals surface area contributed by atoms with E-state index in [0.29, 0.717) is 26.0 Å². The summed E-state index contributed by atoms with van der Waals surface area (Å²) < 4.78 is 11.0. The molecule has 1 amide bonds. The number of amides is 1. The number of fused-ring (bicyclic) bond motifs is 2. The van der Waals surface area contributed by atoms with Crippen LogP contribution in [0.25, 0.3) is 0 Å². The molecule has 1 aromatic carbocycles. The van der Waals surface area contributed by atoms with Gasteiger partial charge < -0.3 is 14.8 Å². The van der Waals surface area contributed by atoms with Crippen molar-refractivity contribution >= 4 is 5.91 Å². The average Bonchev–Trinajstić information content (AvgIpc) is 3.16. The minimum Gasteiger partial charge on any atom is -0.497 e. The molecule has 6 heteroatoms. The van der Waals surface area contributed by atoms with Gasteiger partial charge in [-0.25, -0.2) is 9.97 Å². The molecule has 2 aromatic rings. The molecule has 0 saturated heterocycles. The van der Waals surface area contributed by atoms with E-state index >= 15 is 0 Å². The third kappa shape index (κ3) is 3.75. The van der Waals surface area contributed by atoms with E-state index in [1.165, 1.54) is 17.7 Å². The molecular weight excluding hydrogens is 342 g/mol. The Kier molecular flexibility index (Phi) is 4.97. The van der Waals surface area contributed by atoms with Gasteiger partial charge in [0.15, 0.2) is 0 Å². The number of nitrogens with zero attached hydrogens (tertiary/aromatic N) is 2. The number of hydrogen-bond acceptors (Lipinski definition) is 5. The number of aromatic nitrogens is 2. The smallest absolute Gasteiger partial charge is 0.226 e. The van der Waals surface area contributed by atoms with Crippen molar-refractivity contribution in [3.8, 4) is 11.5 Å². The molecule has 1 aliphatic carbocycles. The number of carbonyl (C=O) groups excluding carboxylic acids is 1. The van der Waals surface area contributed by atoms with E-state index in [1.807, 2.05) is 18.2 Å². The summed E-state index contributed by atoms with van der Waals surface area (Å²) >= 11 is 0. The van der Waals surface area contributed by atoms with Crippen LogP contribution >= 0.6 is 0 Å². The predicted molar refractivity (Wildman–Crippen MR) is 101 cm³/mol. The predicted octanol–water partition coefficient (Wildman–Crippen LogP) is 2.19. The highest BCUT2D eigenvalue weighted by molar-refractivity contribution is 5.79. The van der Waals surface area contributed by atoms with Crippen LogP contribution in [0.1, 0.15) is 34.8 Å². The molecule has 1 N–H and O–H groups in total. The number of rotatable bonds is 5. The Labute approximate surface area is 159 Å². The van der Waals surface area contributed by atoms with E-state index in [4.69, 9.17) is 9.47 Å². The number of ether oxygens (including phenoxy) is 2. The SMILES string of the molecule is COc1ccc2c(c1)CC(C(=O)NCCc1nc(C)c3c(n1)CCC3)CO2. The second-order valence-corrected chi connectivity index (χ2v) is 7.23. The van der Waals surface area contributed by atoms with E-state index in [0.717, 1.165) is 41.4 Å². The molecule has 2 heterocycles. The van der Waals surface area contributed by atoms with E-state index in [2.05, 4.69) is 22.2 Å². The first-order chi connectivity index (χ1) is 13.1. The summed E-state index contributed by atoms with van der Waals surface area (Å²) in [5.74, 6) is 2.27. The molecule has 27 heavy (non-hydrogen) atoms. The third-order valence-corrected chi connectivity index (χ3v) is 5.38. The Morgan fingerprint density at radius 1 is 1.33 bits per heavy atom. The van der Waals surface area contributed by atoms with Crippen LogP contribution < -0.4 is 14.8 Å². The van der Waals surface area contributed by atoms with Crippen LogP contribution in [0.4, 0.5) is 0 Å². The van der Waals surface area contributed by atoms with Gasteiger partial charge >= 0.3 is 0 Å². The van der Waals surface area contributed by atoms with Gasteiger partial charge in [-0.3, -0.25) is 4.79 Å². The summed E-state index contributed by atoms with van der Waals surface area (Å²) in [6.07, 6.45) is 4.61. The molecule has 1 aromatic heterocycles. The minimum atomic E-state index is -0.188. The molecule has 1 atom stereocenters. The van der Waals surface area contributed by atoms with Gasteiger partial charge in [0, 0.05) is 24.4 Å². The molecule has 1 unspecified atom stereocenters. The van der Waals surface area contributed by atoms with Crippen LogP contribution in [0.5, 0.6) is 11.5 Å². The number of methoxy groups -OCH3 is 1. The molecule has 2 aliphatic rings. The average molecular weight is 367 g/mol. The van der Waals surface area contributed by atoms with Crippen LogP contribution in [-0.4, -0.2) is 36.1 Å². The largest absolute Gasteiger partial charge is 0.497 e. The molecule has 4 rings (SSSR count). The number of hydrogen-bond donors (Lipinski definition) is 1. The first-order valence-corrected chi connectivity index (χ1v) is 9.56. The molecule has 0 bridgehead atoms. The second-order valence-electron chi connectivity index (χ2n) is 7.23. The highest BCUT2D eigenvalue weighted by Gasteiger charge is 2.26. The van der Waals surface area contributed by atoms with Gasteiger partial charge in [-0.1, -0.05) is 0 Å². The summed E-state index contributed by atoms with van der Waals surface area (Å²) in [5.41, 5.74) is 4.61. The maximum absolute atomic E-state index is 12.5. The summed E-state index contributed by atoms with van der Waals surface area (Å²) in [6, 6.07) is 5.71. The monoisotopic (exact) mass is 367 g/mol. The lowest BCUT2D eigenvalue weighted by atomic mass is 9.96. The van der Waals surface area contributed by atoms with Crippen LogP contribution in [0.3, 0.4) is 0 Å². The fourth-order valence-corrected chi connectivity index (χ4v) is 3.90. The Morgan fingerprint density at radius 2 is 2.22 bits per heavy atom. The van der Waals surface area contributed by atoms with Crippen molar-refractivity contribution in [2.24, 2.45) is 5.92 Å². The van der Waals surface area contributed by atoms with Crippen molar-refractivity contribution in [3.63, 3.8) is 0 Å². The number of aryl methyl sites for hydroxylation is 2. The van der Waals surface area contributed by atoms with Crippen LogP contribution in [-0.2, 0) is 30.5 Å². The van der Waals surface area contributed by atoms with E-state index < -0.39 is 0 Å². The number of benzene rings is 1. The lowest BCUT2D eigenvalue weighted by Crippen LogP contribution is -2.38. The van der Waals surface area contributed by atoms with E-state index in [1.54, 1.807) is 7.11 Å². The molecule has 6 nitrogen and oxygen atoms in total. The topological polar surface area (TPSA) is 73.3 Å². The fourth-order valence-electron chi connectivity index (χ4n) is 3.90. The van der Waals surface area contributed by atoms with Gasteiger partial charge in [0.2, 0.25) is 5.91 Å². The number of nitrogens with one attached hydrogen (secondary N) is 1. The van der Waals surface area contributed by atoms with Crippen molar-refractivity contribution in [1.82, 2.24) is 15.3 Å². The molecule has 0 saturated carbocycles. The van der Waals surface area contributed by atoms with Gasteiger partial charge in [0.1, 0.15) is 23.9 Å². The maximum atomic E-state index is 12.5. The van der Waals surface area contributed by atoms with Crippen molar-refractivity contribution < 1.29 is 14.3 Å². The Hall–Kier alpha value is -2.63. The van der Waals surface area contributed by atoms with Crippen LogP contribution in [0, 0.1) is 12.8 Å². The normalized spacial score (nSPS) is 17.6. The molecular formula is C21H25N3O3. The Balaban J connectivity index is 1.33. The van der Waals surface area contributed by atoms with Crippen molar-refractivity contribution in [2.45, 2.75) is 39.0 Å². The van der Waals surface area contributed by atoms with Gasteiger partial charge in [-0.05, 0) is 61.9 Å². The van der Waals surface area contributed by atoms with Gasteiger partial charge in [0.05, 0.1) is 13.0 Å². The van der Waals surface area contributed by atoms with E-state index in [-0.39, 0.29) is 11.8 Å². The quantitative estimate of drug-likeness (QED) is 0.877.